The third-order valence-corrected chi connectivity index (χ3v) is 4.02. The molecule has 3 rings (SSSR count). The summed E-state index contributed by atoms with van der Waals surface area (Å²) < 4.78 is 26.8. The Hall–Kier alpha value is -1.49. The van der Waals surface area contributed by atoms with Crippen molar-refractivity contribution in [3.05, 3.63) is 35.4 Å². The van der Waals surface area contributed by atoms with Crippen molar-refractivity contribution in [1.82, 2.24) is 4.90 Å². The minimum absolute atomic E-state index is 0.0293. The molecule has 2 N–H and O–H groups in total. The van der Waals surface area contributed by atoms with Crippen molar-refractivity contribution in [2.75, 3.05) is 13.1 Å². The van der Waals surface area contributed by atoms with Gasteiger partial charge < -0.3 is 10.6 Å². The Morgan fingerprint density at radius 2 is 2.16 bits per heavy atom. The fraction of sp³-hybridized carbons (Fsp3) is 0.500. The molecule has 1 aliphatic heterocycles. The highest BCUT2D eigenvalue weighted by Crippen LogP contribution is 2.49. The third-order valence-electron chi connectivity index (χ3n) is 4.02. The molecule has 1 aliphatic carbocycles. The van der Waals surface area contributed by atoms with E-state index in [2.05, 4.69) is 0 Å². The summed E-state index contributed by atoms with van der Waals surface area (Å²) in [6.45, 7) is 1.25. The first-order valence-corrected chi connectivity index (χ1v) is 6.56. The van der Waals surface area contributed by atoms with Crippen molar-refractivity contribution < 1.29 is 13.6 Å². The largest absolute Gasteiger partial charge is 0.341 e. The molecule has 0 aromatic heterocycles. The molecular weight excluding hydrogens is 250 g/mol. The van der Waals surface area contributed by atoms with Gasteiger partial charge in [0.2, 0.25) is 5.91 Å². The monoisotopic (exact) mass is 266 g/mol. The summed E-state index contributed by atoms with van der Waals surface area (Å²) in [4.78, 5) is 13.9. The summed E-state index contributed by atoms with van der Waals surface area (Å²) in [6.07, 6.45) is 1.42. The number of benzene rings is 1. The summed E-state index contributed by atoms with van der Waals surface area (Å²) >= 11 is 0. The summed E-state index contributed by atoms with van der Waals surface area (Å²) in [5, 5.41) is 0. The maximum absolute atomic E-state index is 13.6. The molecule has 19 heavy (non-hydrogen) atoms. The molecule has 102 valence electrons. The van der Waals surface area contributed by atoms with Gasteiger partial charge in [-0.05, 0) is 30.4 Å². The highest BCUT2D eigenvalue weighted by molar-refractivity contribution is 5.83. The predicted molar refractivity (Wildman–Crippen MR) is 66.4 cm³/mol. The molecular formula is C14H16F2N2O. The number of halogens is 2. The highest BCUT2D eigenvalue weighted by Gasteiger charge is 2.47. The molecule has 2 aliphatic rings. The lowest BCUT2D eigenvalue weighted by atomic mass is 10.1. The first-order chi connectivity index (χ1) is 9.08. The van der Waals surface area contributed by atoms with Gasteiger partial charge in [-0.2, -0.15) is 0 Å². The number of hydrogen-bond donors (Lipinski definition) is 1. The van der Waals surface area contributed by atoms with E-state index in [1.165, 1.54) is 6.07 Å². The van der Waals surface area contributed by atoms with E-state index in [0.29, 0.717) is 25.1 Å². The lowest BCUT2D eigenvalue weighted by Crippen LogP contribution is -2.33. The Morgan fingerprint density at radius 3 is 2.84 bits per heavy atom. The second kappa shape index (κ2) is 4.56. The molecule has 1 saturated carbocycles. The zero-order valence-electron chi connectivity index (χ0n) is 10.5. The Morgan fingerprint density at radius 1 is 1.37 bits per heavy atom. The SMILES string of the molecule is N[C@@H]1CCN(C(=O)C2CC2c2cccc(F)c2F)C1. The molecule has 0 bridgehead atoms. The van der Waals surface area contributed by atoms with Gasteiger partial charge in [-0.1, -0.05) is 12.1 Å². The van der Waals surface area contributed by atoms with Crippen molar-refractivity contribution >= 4 is 5.91 Å². The highest BCUT2D eigenvalue weighted by atomic mass is 19.2. The fourth-order valence-corrected chi connectivity index (χ4v) is 2.84. The number of hydrogen-bond acceptors (Lipinski definition) is 2. The summed E-state index contributed by atoms with van der Waals surface area (Å²) in [7, 11) is 0. The molecule has 3 nitrogen and oxygen atoms in total. The maximum atomic E-state index is 13.6. The molecule has 2 unspecified atom stereocenters. The predicted octanol–water partition coefficient (Wildman–Crippen LogP) is 1.63. The van der Waals surface area contributed by atoms with Crippen LogP contribution in [0.5, 0.6) is 0 Å². The molecule has 1 aromatic carbocycles. The van der Waals surface area contributed by atoms with E-state index in [-0.39, 0.29) is 23.8 Å². The molecule has 1 aromatic rings. The van der Waals surface area contributed by atoms with E-state index in [4.69, 9.17) is 5.73 Å². The number of likely N-dealkylation sites (tertiary alicyclic amines) is 1. The molecule has 5 heteroatoms. The van der Waals surface area contributed by atoms with E-state index < -0.39 is 11.6 Å². The van der Waals surface area contributed by atoms with Crippen LogP contribution in [0, 0.1) is 17.6 Å². The van der Waals surface area contributed by atoms with E-state index in [1.54, 1.807) is 11.0 Å². The van der Waals surface area contributed by atoms with Crippen molar-refractivity contribution in [2.45, 2.75) is 24.8 Å². The Balaban J connectivity index is 1.71. The van der Waals surface area contributed by atoms with Crippen LogP contribution in [0.2, 0.25) is 0 Å². The third kappa shape index (κ3) is 2.23. The minimum Gasteiger partial charge on any atom is -0.341 e. The van der Waals surface area contributed by atoms with Crippen molar-refractivity contribution in [3.63, 3.8) is 0 Å². The summed E-state index contributed by atoms with van der Waals surface area (Å²) in [6, 6.07) is 4.19. The van der Waals surface area contributed by atoms with Crippen molar-refractivity contribution in [2.24, 2.45) is 11.7 Å². The van der Waals surface area contributed by atoms with E-state index >= 15 is 0 Å². The van der Waals surface area contributed by atoms with Crippen molar-refractivity contribution in [1.29, 1.82) is 0 Å². The number of carbonyl (C=O) groups is 1. The normalized spacial score (nSPS) is 29.6. The minimum atomic E-state index is -0.848. The fourth-order valence-electron chi connectivity index (χ4n) is 2.84. The molecule has 1 heterocycles. The summed E-state index contributed by atoms with van der Waals surface area (Å²) in [5.74, 6) is -2.03. The van der Waals surface area contributed by atoms with Gasteiger partial charge >= 0.3 is 0 Å². The molecule has 0 spiro atoms. The van der Waals surface area contributed by atoms with Crippen LogP contribution in [-0.4, -0.2) is 29.9 Å². The Labute approximate surface area is 110 Å². The Kier molecular flexibility index (Phi) is 3.01. The van der Waals surface area contributed by atoms with Gasteiger partial charge in [0, 0.05) is 25.0 Å². The topological polar surface area (TPSA) is 46.3 Å². The van der Waals surface area contributed by atoms with Crippen LogP contribution in [0.1, 0.15) is 24.3 Å². The molecule has 0 radical (unpaired) electrons. The van der Waals surface area contributed by atoms with E-state index in [9.17, 15) is 13.6 Å². The Bertz CT molecular complexity index is 520. The number of amides is 1. The quantitative estimate of drug-likeness (QED) is 0.884. The van der Waals surface area contributed by atoms with Crippen LogP contribution in [0.4, 0.5) is 8.78 Å². The van der Waals surface area contributed by atoms with Crippen LogP contribution < -0.4 is 5.73 Å². The van der Waals surface area contributed by atoms with E-state index in [0.717, 1.165) is 12.5 Å². The summed E-state index contributed by atoms with van der Waals surface area (Å²) in [5.41, 5.74) is 6.09. The second-order valence-corrected chi connectivity index (χ2v) is 5.42. The van der Waals surface area contributed by atoms with Gasteiger partial charge in [-0.25, -0.2) is 8.78 Å². The van der Waals surface area contributed by atoms with Crippen LogP contribution in [-0.2, 0) is 4.79 Å². The van der Waals surface area contributed by atoms with Gasteiger partial charge in [-0.15, -0.1) is 0 Å². The number of nitrogens with two attached hydrogens (primary N) is 1. The average molecular weight is 266 g/mol. The zero-order valence-corrected chi connectivity index (χ0v) is 10.5. The van der Waals surface area contributed by atoms with Crippen molar-refractivity contribution in [3.8, 4) is 0 Å². The number of rotatable bonds is 2. The van der Waals surface area contributed by atoms with Gasteiger partial charge in [0.05, 0.1) is 0 Å². The van der Waals surface area contributed by atoms with Crippen LogP contribution in [0.15, 0.2) is 18.2 Å². The molecule has 2 fully saturated rings. The first kappa shape index (κ1) is 12.5. The molecule has 1 amide bonds. The standard InChI is InChI=1S/C14H16F2N2O/c15-12-3-1-2-9(13(12)16)10-6-11(10)14(19)18-5-4-8(17)7-18/h1-3,8,10-11H,4-7,17H2/t8-,10?,11?/m1/s1. The van der Waals surface area contributed by atoms with Gasteiger partial charge in [0.25, 0.3) is 0 Å². The van der Waals surface area contributed by atoms with Gasteiger partial charge in [0.1, 0.15) is 0 Å². The zero-order chi connectivity index (χ0) is 13.6. The second-order valence-electron chi connectivity index (χ2n) is 5.42. The lowest BCUT2D eigenvalue weighted by Gasteiger charge is -2.15. The van der Waals surface area contributed by atoms with Crippen LogP contribution in [0.3, 0.4) is 0 Å². The maximum Gasteiger partial charge on any atom is 0.226 e. The van der Waals surface area contributed by atoms with Crippen LogP contribution in [0.25, 0.3) is 0 Å². The van der Waals surface area contributed by atoms with E-state index in [1.807, 2.05) is 0 Å². The van der Waals surface area contributed by atoms with Crippen LogP contribution >= 0.6 is 0 Å². The first-order valence-electron chi connectivity index (χ1n) is 6.56. The molecule has 1 saturated heterocycles. The van der Waals surface area contributed by atoms with Gasteiger partial charge in [-0.3, -0.25) is 4.79 Å². The lowest BCUT2D eigenvalue weighted by molar-refractivity contribution is -0.131. The van der Waals surface area contributed by atoms with Gasteiger partial charge in [0.15, 0.2) is 11.6 Å². The number of nitrogens with zero attached hydrogens (tertiary/aromatic N) is 1. The smallest absolute Gasteiger partial charge is 0.226 e. The average Bonchev–Trinajstić information content (AvgIpc) is 3.06. The number of carbonyl (C=O) groups excluding carboxylic acids is 1. The molecule has 3 atom stereocenters.